The van der Waals surface area contributed by atoms with Crippen LogP contribution in [0.2, 0.25) is 0 Å². The molecule has 1 saturated heterocycles. The molecule has 8 heteroatoms. The molecule has 1 aromatic rings. The molecule has 0 radical (unpaired) electrons. The minimum atomic E-state index is -1.07. The molecule has 7 nitrogen and oxygen atoms in total. The van der Waals surface area contributed by atoms with Gasteiger partial charge in [-0.2, -0.15) is 8.75 Å². The number of hydrogen-bond acceptors (Lipinski definition) is 6. The average Bonchev–Trinajstić information content (AvgIpc) is 2.81. The van der Waals surface area contributed by atoms with Gasteiger partial charge in [0, 0.05) is 6.54 Å². The van der Waals surface area contributed by atoms with Crippen LogP contribution in [-0.4, -0.2) is 56.4 Å². The van der Waals surface area contributed by atoms with E-state index in [2.05, 4.69) is 8.75 Å². The van der Waals surface area contributed by atoms with Gasteiger partial charge in [0.25, 0.3) is 5.91 Å². The van der Waals surface area contributed by atoms with E-state index in [0.717, 1.165) is 11.7 Å². The molecule has 1 amide bonds. The van der Waals surface area contributed by atoms with Gasteiger partial charge in [0.1, 0.15) is 0 Å². The van der Waals surface area contributed by atoms with Crippen LogP contribution in [-0.2, 0) is 9.53 Å². The second-order valence-corrected chi connectivity index (χ2v) is 3.78. The number of carbonyl (C=O) groups is 2. The first-order chi connectivity index (χ1) is 7.70. The van der Waals surface area contributed by atoms with Crippen molar-refractivity contribution in [3.8, 4) is 0 Å². The maximum absolute atomic E-state index is 11.9. The Labute approximate surface area is 95.0 Å². The van der Waals surface area contributed by atoms with Gasteiger partial charge in [-0.3, -0.25) is 4.79 Å². The van der Waals surface area contributed by atoms with E-state index < -0.39 is 17.9 Å². The monoisotopic (exact) mass is 243 g/mol. The maximum Gasteiger partial charge on any atom is 0.328 e. The molecule has 1 atom stereocenters. The summed E-state index contributed by atoms with van der Waals surface area (Å²) in [5, 5.41) is 8.95. The van der Waals surface area contributed by atoms with Crippen LogP contribution in [0.3, 0.4) is 0 Å². The van der Waals surface area contributed by atoms with Gasteiger partial charge < -0.3 is 14.7 Å². The highest BCUT2D eigenvalue weighted by Crippen LogP contribution is 2.11. The van der Waals surface area contributed by atoms with E-state index in [-0.39, 0.29) is 18.8 Å². The van der Waals surface area contributed by atoms with E-state index in [1.54, 1.807) is 0 Å². The second-order valence-electron chi connectivity index (χ2n) is 3.22. The Morgan fingerprint density at radius 2 is 2.44 bits per heavy atom. The highest BCUT2D eigenvalue weighted by Gasteiger charge is 2.34. The number of carboxylic acid groups (broad SMARTS) is 1. The number of hydrogen-bond donors (Lipinski definition) is 1. The largest absolute Gasteiger partial charge is 0.480 e. The molecule has 2 heterocycles. The van der Waals surface area contributed by atoms with Crippen molar-refractivity contribution in [3.05, 3.63) is 11.9 Å². The van der Waals surface area contributed by atoms with Crippen molar-refractivity contribution in [2.75, 3.05) is 19.8 Å². The lowest BCUT2D eigenvalue weighted by atomic mass is 10.2. The Hall–Kier alpha value is -1.54. The minimum Gasteiger partial charge on any atom is -0.480 e. The van der Waals surface area contributed by atoms with E-state index in [9.17, 15) is 9.59 Å². The molecule has 0 spiro atoms. The summed E-state index contributed by atoms with van der Waals surface area (Å²) in [5.41, 5.74) is 0.179. The molecular formula is C8H9N3O4S. The average molecular weight is 243 g/mol. The smallest absolute Gasteiger partial charge is 0.328 e. The zero-order valence-electron chi connectivity index (χ0n) is 8.20. The van der Waals surface area contributed by atoms with Crippen molar-refractivity contribution in [2.45, 2.75) is 6.04 Å². The molecule has 1 unspecified atom stereocenters. The third-order valence-electron chi connectivity index (χ3n) is 2.25. The Kier molecular flexibility index (Phi) is 3.11. The van der Waals surface area contributed by atoms with Crippen LogP contribution in [0.4, 0.5) is 0 Å². The number of morpholine rings is 1. The first-order valence-electron chi connectivity index (χ1n) is 4.59. The van der Waals surface area contributed by atoms with Crippen LogP contribution in [0.15, 0.2) is 6.20 Å². The second kappa shape index (κ2) is 4.54. The lowest BCUT2D eigenvalue weighted by molar-refractivity contribution is -0.147. The number of ether oxygens (including phenoxy) is 1. The van der Waals surface area contributed by atoms with Crippen LogP contribution in [0.5, 0.6) is 0 Å². The molecule has 2 rings (SSSR count). The summed E-state index contributed by atoms with van der Waals surface area (Å²) in [7, 11) is 0. The van der Waals surface area contributed by atoms with Gasteiger partial charge in [-0.1, -0.05) is 0 Å². The molecule has 1 N–H and O–H groups in total. The van der Waals surface area contributed by atoms with Crippen LogP contribution in [0.1, 0.15) is 10.5 Å². The number of carboxylic acids is 1. The standard InChI is InChI=1S/C8H9N3O4S/c12-7(5-3-9-16-10-5)11-1-2-15-4-6(11)8(13)14/h3,6H,1-2,4H2,(H,13,14). The van der Waals surface area contributed by atoms with E-state index in [1.807, 2.05) is 0 Å². The first kappa shape index (κ1) is 11.0. The van der Waals surface area contributed by atoms with Crippen molar-refractivity contribution < 1.29 is 19.4 Å². The van der Waals surface area contributed by atoms with Crippen molar-refractivity contribution in [1.29, 1.82) is 0 Å². The van der Waals surface area contributed by atoms with Crippen LogP contribution in [0, 0.1) is 0 Å². The summed E-state index contributed by atoms with van der Waals surface area (Å²) in [4.78, 5) is 24.1. The van der Waals surface area contributed by atoms with Gasteiger partial charge in [-0.15, -0.1) is 0 Å². The molecule has 16 heavy (non-hydrogen) atoms. The molecule has 1 aliphatic rings. The van der Waals surface area contributed by atoms with Crippen LogP contribution in [0.25, 0.3) is 0 Å². The van der Waals surface area contributed by atoms with Gasteiger partial charge in [-0.05, 0) is 0 Å². The van der Waals surface area contributed by atoms with Gasteiger partial charge in [-0.25, -0.2) is 4.79 Å². The van der Waals surface area contributed by atoms with Gasteiger partial charge in [0.15, 0.2) is 11.7 Å². The SMILES string of the molecule is O=C(O)C1COCCN1C(=O)c1cnsn1. The topological polar surface area (TPSA) is 92.6 Å². The van der Waals surface area contributed by atoms with Crippen molar-refractivity contribution in [1.82, 2.24) is 13.6 Å². The van der Waals surface area contributed by atoms with Crippen LogP contribution < -0.4 is 0 Å². The zero-order chi connectivity index (χ0) is 11.5. The van der Waals surface area contributed by atoms with Crippen molar-refractivity contribution in [2.24, 2.45) is 0 Å². The van der Waals surface area contributed by atoms with Gasteiger partial charge in [0.05, 0.1) is 31.1 Å². The highest BCUT2D eigenvalue weighted by molar-refractivity contribution is 6.99. The lowest BCUT2D eigenvalue weighted by Crippen LogP contribution is -2.52. The molecule has 1 aromatic heterocycles. The fraction of sp³-hybridized carbons (Fsp3) is 0.500. The zero-order valence-corrected chi connectivity index (χ0v) is 9.01. The van der Waals surface area contributed by atoms with E-state index in [1.165, 1.54) is 11.1 Å². The summed E-state index contributed by atoms with van der Waals surface area (Å²) in [6, 6.07) is -0.942. The Bertz CT molecular complexity index is 394. The number of carbonyl (C=O) groups excluding carboxylic acids is 1. The van der Waals surface area contributed by atoms with Crippen molar-refractivity contribution in [3.63, 3.8) is 0 Å². The summed E-state index contributed by atoms with van der Waals surface area (Å²) < 4.78 is 12.5. The number of aromatic nitrogens is 2. The number of amides is 1. The molecule has 0 saturated carbocycles. The molecule has 0 bridgehead atoms. The number of aliphatic carboxylic acids is 1. The van der Waals surface area contributed by atoms with Gasteiger partial charge in [0.2, 0.25) is 0 Å². The summed E-state index contributed by atoms with van der Waals surface area (Å²) in [5.74, 6) is -1.49. The van der Waals surface area contributed by atoms with E-state index in [4.69, 9.17) is 9.84 Å². The Morgan fingerprint density at radius 3 is 3.06 bits per heavy atom. The normalized spacial score (nSPS) is 20.8. The first-order valence-corrected chi connectivity index (χ1v) is 5.32. The predicted molar refractivity (Wildman–Crippen MR) is 53.2 cm³/mol. The summed E-state index contributed by atoms with van der Waals surface area (Å²) in [6.45, 7) is 0.610. The quantitative estimate of drug-likeness (QED) is 0.750. The fourth-order valence-corrected chi connectivity index (χ4v) is 1.86. The Balaban J connectivity index is 2.17. The van der Waals surface area contributed by atoms with E-state index in [0.29, 0.717) is 6.61 Å². The lowest BCUT2D eigenvalue weighted by Gasteiger charge is -2.32. The number of rotatable bonds is 2. The summed E-state index contributed by atoms with van der Waals surface area (Å²) in [6.07, 6.45) is 1.33. The molecular weight excluding hydrogens is 234 g/mol. The molecule has 0 aliphatic carbocycles. The molecule has 0 aromatic carbocycles. The molecule has 1 fully saturated rings. The number of nitrogens with zero attached hydrogens (tertiary/aromatic N) is 3. The summed E-state index contributed by atoms with van der Waals surface area (Å²) >= 11 is 0.915. The fourth-order valence-electron chi connectivity index (χ4n) is 1.46. The third-order valence-corrected chi connectivity index (χ3v) is 2.73. The molecule has 1 aliphatic heterocycles. The predicted octanol–water partition coefficient (Wildman–Crippen LogP) is -0.536. The third kappa shape index (κ3) is 2.02. The Morgan fingerprint density at radius 1 is 1.62 bits per heavy atom. The van der Waals surface area contributed by atoms with E-state index >= 15 is 0 Å². The minimum absolute atomic E-state index is 0.0125. The van der Waals surface area contributed by atoms with Gasteiger partial charge >= 0.3 is 5.97 Å². The van der Waals surface area contributed by atoms with Crippen molar-refractivity contribution >= 4 is 23.6 Å². The van der Waals surface area contributed by atoms with Crippen LogP contribution >= 0.6 is 11.7 Å². The molecule has 86 valence electrons. The maximum atomic E-state index is 11.9. The highest BCUT2D eigenvalue weighted by atomic mass is 32.1.